The largest absolute Gasteiger partial charge is 0.375 e. The van der Waals surface area contributed by atoms with E-state index in [9.17, 15) is 0 Å². The van der Waals surface area contributed by atoms with E-state index in [0.717, 1.165) is 45.1 Å². The van der Waals surface area contributed by atoms with E-state index >= 15 is 0 Å². The number of hydrogen-bond acceptors (Lipinski definition) is 3. The third-order valence-corrected chi connectivity index (χ3v) is 5.32. The van der Waals surface area contributed by atoms with Gasteiger partial charge in [-0.05, 0) is 24.8 Å². The Morgan fingerprint density at radius 3 is 2.75 bits per heavy atom. The molecule has 0 amide bonds. The van der Waals surface area contributed by atoms with E-state index in [1.165, 1.54) is 12.0 Å². The fourth-order valence-electron chi connectivity index (χ4n) is 3.87. The molecule has 5 nitrogen and oxygen atoms in total. The molecule has 24 heavy (non-hydrogen) atoms. The molecule has 0 aromatic heterocycles. The van der Waals surface area contributed by atoms with Crippen molar-refractivity contribution < 1.29 is 9.47 Å². The van der Waals surface area contributed by atoms with Gasteiger partial charge in [-0.25, -0.2) is 0 Å². The minimum atomic E-state index is 0.170. The van der Waals surface area contributed by atoms with Crippen LogP contribution in [0.2, 0.25) is 0 Å². The van der Waals surface area contributed by atoms with E-state index in [1.807, 2.05) is 7.05 Å². The zero-order valence-corrected chi connectivity index (χ0v) is 14.4. The van der Waals surface area contributed by atoms with Gasteiger partial charge in [0, 0.05) is 38.7 Å². The van der Waals surface area contributed by atoms with Crippen LogP contribution >= 0.6 is 0 Å². The maximum absolute atomic E-state index is 5.95. The molecule has 1 saturated carbocycles. The number of hydrogen-bond donors (Lipinski definition) is 1. The van der Waals surface area contributed by atoms with Gasteiger partial charge in [0.05, 0.1) is 12.7 Å². The predicted octanol–water partition coefficient (Wildman–Crippen LogP) is 2.00. The number of benzene rings is 1. The highest BCUT2D eigenvalue weighted by Crippen LogP contribution is 2.40. The van der Waals surface area contributed by atoms with Crippen molar-refractivity contribution >= 4 is 5.96 Å². The zero-order chi connectivity index (χ0) is 16.4. The van der Waals surface area contributed by atoms with Crippen molar-refractivity contribution in [3.8, 4) is 0 Å². The fraction of sp³-hybridized carbons (Fsp3) is 0.632. The third-order valence-electron chi connectivity index (χ3n) is 5.32. The molecule has 4 atom stereocenters. The number of nitrogens with one attached hydrogen (secondary N) is 1. The molecule has 0 bridgehead atoms. The molecule has 2 saturated heterocycles. The molecule has 3 fully saturated rings. The molecule has 2 heterocycles. The van der Waals surface area contributed by atoms with Crippen LogP contribution in [-0.2, 0) is 9.47 Å². The van der Waals surface area contributed by atoms with E-state index in [-0.39, 0.29) is 12.2 Å². The van der Waals surface area contributed by atoms with Crippen LogP contribution < -0.4 is 5.32 Å². The lowest BCUT2D eigenvalue weighted by atomic mass is 10.1. The molecular formula is C19H27N3O2. The fourth-order valence-corrected chi connectivity index (χ4v) is 3.87. The van der Waals surface area contributed by atoms with Crippen LogP contribution in [0.4, 0.5) is 0 Å². The minimum absolute atomic E-state index is 0.170. The van der Waals surface area contributed by atoms with Crippen molar-refractivity contribution in [1.82, 2.24) is 10.2 Å². The maximum Gasteiger partial charge on any atom is 0.194 e. The highest BCUT2D eigenvalue weighted by Gasteiger charge is 2.40. The summed E-state index contributed by atoms with van der Waals surface area (Å²) in [4.78, 5) is 6.85. The minimum Gasteiger partial charge on any atom is -0.375 e. The Labute approximate surface area is 144 Å². The molecule has 0 radical (unpaired) electrons. The smallest absolute Gasteiger partial charge is 0.194 e. The molecule has 5 heteroatoms. The molecular weight excluding hydrogens is 302 g/mol. The molecule has 1 aromatic rings. The molecule has 130 valence electrons. The van der Waals surface area contributed by atoms with Crippen LogP contribution in [0.15, 0.2) is 35.3 Å². The maximum atomic E-state index is 5.95. The lowest BCUT2D eigenvalue weighted by Crippen LogP contribution is -2.53. The summed E-state index contributed by atoms with van der Waals surface area (Å²) in [5.74, 6) is 1.61. The second-order valence-electron chi connectivity index (χ2n) is 6.96. The zero-order valence-electron chi connectivity index (χ0n) is 14.4. The summed E-state index contributed by atoms with van der Waals surface area (Å²) in [5, 5.41) is 3.65. The Kier molecular flexibility index (Phi) is 4.72. The summed E-state index contributed by atoms with van der Waals surface area (Å²) >= 11 is 0. The number of ether oxygens (including phenoxy) is 2. The topological polar surface area (TPSA) is 46.1 Å². The monoisotopic (exact) mass is 329 g/mol. The average Bonchev–Trinajstić information content (AvgIpc) is 3.19. The summed E-state index contributed by atoms with van der Waals surface area (Å²) in [5.41, 5.74) is 1.42. The first kappa shape index (κ1) is 15.9. The van der Waals surface area contributed by atoms with Crippen LogP contribution in [0.5, 0.6) is 0 Å². The van der Waals surface area contributed by atoms with E-state index in [2.05, 4.69) is 45.5 Å². The summed E-state index contributed by atoms with van der Waals surface area (Å²) in [6.07, 6.45) is 3.87. The van der Waals surface area contributed by atoms with Crippen molar-refractivity contribution in [3.05, 3.63) is 35.9 Å². The molecule has 0 spiro atoms. The number of guanidine groups is 1. The van der Waals surface area contributed by atoms with Gasteiger partial charge in [0.25, 0.3) is 0 Å². The first-order chi connectivity index (χ1) is 11.8. The first-order valence-corrected chi connectivity index (χ1v) is 9.11. The summed E-state index contributed by atoms with van der Waals surface area (Å²) in [7, 11) is 1.87. The van der Waals surface area contributed by atoms with Crippen molar-refractivity contribution in [2.24, 2.45) is 4.99 Å². The van der Waals surface area contributed by atoms with E-state index in [4.69, 9.17) is 9.47 Å². The number of nitrogens with zero attached hydrogens (tertiary/aromatic N) is 2. The van der Waals surface area contributed by atoms with Crippen molar-refractivity contribution in [2.75, 3.05) is 33.4 Å². The van der Waals surface area contributed by atoms with Crippen LogP contribution in [0.1, 0.15) is 30.7 Å². The second kappa shape index (κ2) is 7.11. The van der Waals surface area contributed by atoms with Crippen molar-refractivity contribution in [2.45, 2.75) is 43.4 Å². The van der Waals surface area contributed by atoms with Gasteiger partial charge in [-0.2, -0.15) is 0 Å². The second-order valence-corrected chi connectivity index (χ2v) is 6.96. The average molecular weight is 329 g/mol. The SMILES string of the molecule is CN=C(NC1CC1c1ccccc1)N1CCOC(C2CCCO2)C1. The highest BCUT2D eigenvalue weighted by atomic mass is 16.5. The molecule has 3 aliphatic rings. The van der Waals surface area contributed by atoms with E-state index in [0.29, 0.717) is 12.0 Å². The van der Waals surface area contributed by atoms with Gasteiger partial charge in [-0.1, -0.05) is 30.3 Å². The Bertz CT molecular complexity index is 571. The normalized spacial score (nSPS) is 33.5. The highest BCUT2D eigenvalue weighted by molar-refractivity contribution is 5.81. The summed E-state index contributed by atoms with van der Waals surface area (Å²) in [6, 6.07) is 11.2. The van der Waals surface area contributed by atoms with Gasteiger partial charge >= 0.3 is 0 Å². The number of rotatable bonds is 3. The Morgan fingerprint density at radius 1 is 1.17 bits per heavy atom. The Morgan fingerprint density at radius 2 is 2.00 bits per heavy atom. The lowest BCUT2D eigenvalue weighted by Gasteiger charge is -2.37. The van der Waals surface area contributed by atoms with Gasteiger partial charge in [0.15, 0.2) is 5.96 Å². The van der Waals surface area contributed by atoms with Gasteiger partial charge in [-0.15, -0.1) is 0 Å². The van der Waals surface area contributed by atoms with Crippen LogP contribution in [0, 0.1) is 0 Å². The molecule has 1 aromatic carbocycles. The first-order valence-electron chi connectivity index (χ1n) is 9.11. The van der Waals surface area contributed by atoms with Crippen LogP contribution in [0.25, 0.3) is 0 Å². The van der Waals surface area contributed by atoms with Gasteiger partial charge in [0.2, 0.25) is 0 Å². The molecule has 2 aliphatic heterocycles. The summed E-state index contributed by atoms with van der Waals surface area (Å²) < 4.78 is 11.8. The standard InChI is InChI=1S/C19H27N3O2/c1-20-19(21-16-12-15(16)14-6-3-2-4-7-14)22-9-11-24-18(13-22)17-8-5-10-23-17/h2-4,6-7,15-18H,5,8-13H2,1H3,(H,20,21). The molecule has 4 rings (SSSR count). The number of aliphatic imine (C=N–C) groups is 1. The van der Waals surface area contributed by atoms with Crippen molar-refractivity contribution in [1.29, 1.82) is 0 Å². The van der Waals surface area contributed by atoms with Crippen LogP contribution in [-0.4, -0.2) is 62.5 Å². The van der Waals surface area contributed by atoms with Gasteiger partial charge < -0.3 is 19.7 Å². The Hall–Kier alpha value is -1.59. The number of morpholine rings is 1. The summed E-state index contributed by atoms with van der Waals surface area (Å²) in [6.45, 7) is 3.38. The quantitative estimate of drug-likeness (QED) is 0.681. The van der Waals surface area contributed by atoms with Gasteiger partial charge in [0.1, 0.15) is 6.10 Å². The Balaban J connectivity index is 1.34. The predicted molar refractivity (Wildman–Crippen MR) is 94.4 cm³/mol. The third kappa shape index (κ3) is 3.42. The lowest BCUT2D eigenvalue weighted by molar-refractivity contribution is -0.0817. The van der Waals surface area contributed by atoms with E-state index < -0.39 is 0 Å². The molecule has 4 unspecified atom stereocenters. The van der Waals surface area contributed by atoms with Crippen LogP contribution in [0.3, 0.4) is 0 Å². The van der Waals surface area contributed by atoms with Gasteiger partial charge in [-0.3, -0.25) is 4.99 Å². The molecule has 1 aliphatic carbocycles. The van der Waals surface area contributed by atoms with Crippen molar-refractivity contribution in [3.63, 3.8) is 0 Å². The molecule has 1 N–H and O–H groups in total. The van der Waals surface area contributed by atoms with E-state index in [1.54, 1.807) is 0 Å².